The molecule has 0 saturated heterocycles. The van der Waals surface area contributed by atoms with Gasteiger partial charge in [-0.15, -0.1) is 0 Å². The smallest absolute Gasteiger partial charge is 0.257 e. The van der Waals surface area contributed by atoms with Crippen LogP contribution in [0.25, 0.3) is 10.9 Å². The van der Waals surface area contributed by atoms with Crippen molar-refractivity contribution >= 4 is 16.8 Å². The highest BCUT2D eigenvalue weighted by molar-refractivity contribution is 5.83. The van der Waals surface area contributed by atoms with Crippen molar-refractivity contribution in [1.82, 2.24) is 10.3 Å². The minimum Gasteiger partial charge on any atom is -0.484 e. The lowest BCUT2D eigenvalue weighted by molar-refractivity contribution is -0.123. The lowest BCUT2D eigenvalue weighted by Crippen LogP contribution is -2.30. The number of para-hydroxylation sites is 1. The Labute approximate surface area is 148 Å². The maximum Gasteiger partial charge on any atom is 0.257 e. The van der Waals surface area contributed by atoms with Crippen LogP contribution >= 0.6 is 0 Å². The SMILES string of the molecule is CC(C)c1ccc(OCC(=O)NCCc2c[nH]c3ccccc23)cc1. The quantitative estimate of drug-likeness (QED) is 0.684. The van der Waals surface area contributed by atoms with Crippen molar-refractivity contribution < 1.29 is 9.53 Å². The number of H-pyrrole nitrogens is 1. The van der Waals surface area contributed by atoms with E-state index in [1.807, 2.05) is 42.6 Å². The third-order valence-corrected chi connectivity index (χ3v) is 4.31. The Kier molecular flexibility index (Phi) is 5.39. The van der Waals surface area contributed by atoms with E-state index in [-0.39, 0.29) is 12.5 Å². The van der Waals surface area contributed by atoms with Gasteiger partial charge in [0.2, 0.25) is 0 Å². The molecule has 0 spiro atoms. The van der Waals surface area contributed by atoms with Crippen LogP contribution in [0, 0.1) is 0 Å². The fourth-order valence-electron chi connectivity index (χ4n) is 2.82. The van der Waals surface area contributed by atoms with Crippen LogP contribution in [-0.2, 0) is 11.2 Å². The van der Waals surface area contributed by atoms with Gasteiger partial charge in [0.25, 0.3) is 5.91 Å². The predicted molar refractivity (Wildman–Crippen MR) is 101 cm³/mol. The first-order valence-corrected chi connectivity index (χ1v) is 8.68. The highest BCUT2D eigenvalue weighted by atomic mass is 16.5. The first kappa shape index (κ1) is 17.1. The first-order valence-electron chi connectivity index (χ1n) is 8.68. The maximum atomic E-state index is 11.9. The van der Waals surface area contributed by atoms with Crippen LogP contribution in [0.15, 0.2) is 54.7 Å². The van der Waals surface area contributed by atoms with Gasteiger partial charge in [0.05, 0.1) is 0 Å². The van der Waals surface area contributed by atoms with Gasteiger partial charge in [-0.05, 0) is 41.7 Å². The average Bonchev–Trinajstić information content (AvgIpc) is 3.04. The van der Waals surface area contributed by atoms with Crippen molar-refractivity contribution in [1.29, 1.82) is 0 Å². The van der Waals surface area contributed by atoms with Crippen molar-refractivity contribution in [3.8, 4) is 5.75 Å². The molecule has 0 unspecified atom stereocenters. The predicted octanol–water partition coefficient (Wildman–Crippen LogP) is 4.03. The second-order valence-corrected chi connectivity index (χ2v) is 6.47. The number of ether oxygens (including phenoxy) is 1. The molecule has 130 valence electrons. The van der Waals surface area contributed by atoms with E-state index in [1.165, 1.54) is 16.5 Å². The molecule has 1 heterocycles. The van der Waals surface area contributed by atoms with Gasteiger partial charge in [0.15, 0.2) is 6.61 Å². The molecule has 1 amide bonds. The van der Waals surface area contributed by atoms with Crippen LogP contribution in [0.4, 0.5) is 0 Å². The number of fused-ring (bicyclic) bond motifs is 1. The summed E-state index contributed by atoms with van der Waals surface area (Å²) in [5.74, 6) is 1.10. The summed E-state index contributed by atoms with van der Waals surface area (Å²) in [5, 5.41) is 4.11. The van der Waals surface area contributed by atoms with Gasteiger partial charge < -0.3 is 15.0 Å². The monoisotopic (exact) mass is 336 g/mol. The van der Waals surface area contributed by atoms with E-state index in [0.29, 0.717) is 12.5 Å². The molecule has 0 fully saturated rings. The van der Waals surface area contributed by atoms with Crippen LogP contribution in [0.3, 0.4) is 0 Å². The third-order valence-electron chi connectivity index (χ3n) is 4.31. The average molecular weight is 336 g/mol. The molecule has 0 aliphatic rings. The Morgan fingerprint density at radius 1 is 1.12 bits per heavy atom. The standard InChI is InChI=1S/C21H24N2O2/c1-15(2)16-7-9-18(10-8-16)25-14-21(24)22-12-11-17-13-23-20-6-4-3-5-19(17)20/h3-10,13,15,23H,11-12,14H2,1-2H3,(H,22,24). The molecule has 0 bridgehead atoms. The van der Waals surface area contributed by atoms with Crippen molar-refractivity contribution in [2.24, 2.45) is 0 Å². The number of benzene rings is 2. The number of amides is 1. The molecule has 1 aromatic heterocycles. The molecule has 0 aliphatic carbocycles. The van der Waals surface area contributed by atoms with E-state index < -0.39 is 0 Å². The van der Waals surface area contributed by atoms with Crippen molar-refractivity contribution in [2.45, 2.75) is 26.2 Å². The summed E-state index contributed by atoms with van der Waals surface area (Å²) in [7, 11) is 0. The summed E-state index contributed by atoms with van der Waals surface area (Å²) in [5.41, 5.74) is 3.59. The Morgan fingerprint density at radius 2 is 1.88 bits per heavy atom. The van der Waals surface area contributed by atoms with Gasteiger partial charge in [-0.25, -0.2) is 0 Å². The van der Waals surface area contributed by atoms with Gasteiger partial charge in [-0.2, -0.15) is 0 Å². The molecule has 4 heteroatoms. The summed E-state index contributed by atoms with van der Waals surface area (Å²) < 4.78 is 5.54. The minimum atomic E-state index is -0.104. The molecule has 3 aromatic rings. The Morgan fingerprint density at radius 3 is 2.64 bits per heavy atom. The van der Waals surface area contributed by atoms with Gasteiger partial charge >= 0.3 is 0 Å². The second kappa shape index (κ2) is 7.88. The molecular weight excluding hydrogens is 312 g/mol. The minimum absolute atomic E-state index is 0.0366. The van der Waals surface area contributed by atoms with Crippen LogP contribution in [-0.4, -0.2) is 24.0 Å². The molecule has 0 radical (unpaired) electrons. The Hall–Kier alpha value is -2.75. The van der Waals surface area contributed by atoms with Crippen LogP contribution in [0.5, 0.6) is 5.75 Å². The zero-order valence-electron chi connectivity index (χ0n) is 14.7. The third kappa shape index (κ3) is 4.41. The number of nitrogens with one attached hydrogen (secondary N) is 2. The van der Waals surface area contributed by atoms with E-state index in [9.17, 15) is 4.79 Å². The highest BCUT2D eigenvalue weighted by Gasteiger charge is 2.06. The van der Waals surface area contributed by atoms with E-state index in [2.05, 4.69) is 36.3 Å². The number of hydrogen-bond acceptors (Lipinski definition) is 2. The fraction of sp³-hybridized carbons (Fsp3) is 0.286. The summed E-state index contributed by atoms with van der Waals surface area (Å²) in [6, 6.07) is 16.1. The van der Waals surface area contributed by atoms with Crippen molar-refractivity contribution in [2.75, 3.05) is 13.2 Å². The van der Waals surface area contributed by atoms with Crippen LogP contribution in [0.2, 0.25) is 0 Å². The molecule has 2 N–H and O–H groups in total. The number of hydrogen-bond donors (Lipinski definition) is 2. The van der Waals surface area contributed by atoms with Crippen LogP contribution in [0.1, 0.15) is 30.9 Å². The summed E-state index contributed by atoms with van der Waals surface area (Å²) >= 11 is 0. The lowest BCUT2D eigenvalue weighted by Gasteiger charge is -2.09. The van der Waals surface area contributed by atoms with Crippen molar-refractivity contribution in [3.63, 3.8) is 0 Å². The second-order valence-electron chi connectivity index (χ2n) is 6.47. The molecule has 3 rings (SSSR count). The zero-order valence-corrected chi connectivity index (χ0v) is 14.7. The Balaban J connectivity index is 1.43. The summed E-state index contributed by atoms with van der Waals surface area (Å²) in [6.07, 6.45) is 2.79. The van der Waals surface area contributed by atoms with E-state index in [1.54, 1.807) is 0 Å². The van der Waals surface area contributed by atoms with Gasteiger partial charge in [-0.3, -0.25) is 4.79 Å². The number of carbonyl (C=O) groups excluding carboxylic acids is 1. The molecular formula is C21H24N2O2. The number of carbonyl (C=O) groups is 1. The van der Waals surface area contributed by atoms with Gasteiger partial charge in [0.1, 0.15) is 5.75 Å². The Bertz CT molecular complexity index is 834. The molecule has 0 aliphatic heterocycles. The number of aromatic amines is 1. The number of aromatic nitrogens is 1. The van der Waals surface area contributed by atoms with Crippen LogP contribution < -0.4 is 10.1 Å². The zero-order chi connectivity index (χ0) is 17.6. The number of rotatable bonds is 7. The lowest BCUT2D eigenvalue weighted by atomic mass is 10.0. The van der Waals surface area contributed by atoms with E-state index >= 15 is 0 Å². The highest BCUT2D eigenvalue weighted by Crippen LogP contribution is 2.19. The van der Waals surface area contributed by atoms with Gasteiger partial charge in [-0.1, -0.05) is 44.2 Å². The molecule has 0 saturated carbocycles. The molecule has 25 heavy (non-hydrogen) atoms. The fourth-order valence-corrected chi connectivity index (χ4v) is 2.82. The van der Waals surface area contributed by atoms with E-state index in [0.717, 1.165) is 17.7 Å². The topological polar surface area (TPSA) is 54.1 Å². The molecule has 4 nitrogen and oxygen atoms in total. The normalized spacial score (nSPS) is 11.0. The molecule has 2 aromatic carbocycles. The van der Waals surface area contributed by atoms with E-state index in [4.69, 9.17) is 4.74 Å². The maximum absolute atomic E-state index is 11.9. The van der Waals surface area contributed by atoms with Crippen molar-refractivity contribution in [3.05, 3.63) is 65.9 Å². The molecule has 0 atom stereocenters. The summed E-state index contributed by atoms with van der Waals surface area (Å²) in [4.78, 5) is 15.2. The largest absolute Gasteiger partial charge is 0.484 e. The van der Waals surface area contributed by atoms with Gasteiger partial charge in [0, 0.05) is 23.6 Å². The summed E-state index contributed by atoms with van der Waals surface area (Å²) in [6.45, 7) is 4.93. The first-order chi connectivity index (χ1) is 12.1.